The quantitative estimate of drug-likeness (QED) is 0.320. The van der Waals surface area contributed by atoms with Gasteiger partial charge in [-0.15, -0.1) is 10.2 Å². The van der Waals surface area contributed by atoms with Gasteiger partial charge in [0.05, 0.1) is 28.5 Å². The molecule has 1 amide bonds. The standard InChI is InChI=1S/C22H16N4O6S/c1-3-31-14-7-8-15-16(10-14)32-20-17(19(15)27)18(12-5-4-6-13(9-12)26(29)30)25(21(20)28)22-24-23-11(2)33-22/h4-10,18H,3H2,1-2H3. The molecule has 10 nitrogen and oxygen atoms in total. The van der Waals surface area contributed by atoms with Crippen molar-refractivity contribution in [3.63, 3.8) is 0 Å². The number of non-ortho nitro benzene ring substituents is 1. The van der Waals surface area contributed by atoms with Gasteiger partial charge >= 0.3 is 0 Å². The van der Waals surface area contributed by atoms with Crippen LogP contribution in [-0.2, 0) is 0 Å². The molecule has 1 unspecified atom stereocenters. The molecule has 1 aliphatic rings. The number of rotatable bonds is 5. The molecule has 1 aliphatic heterocycles. The lowest BCUT2D eigenvalue weighted by molar-refractivity contribution is -0.384. The number of nitro benzene ring substituents is 1. The number of benzene rings is 2. The number of hydrogen-bond donors (Lipinski definition) is 0. The molecule has 2 aromatic heterocycles. The van der Waals surface area contributed by atoms with E-state index in [1.807, 2.05) is 6.92 Å². The monoisotopic (exact) mass is 464 g/mol. The molecule has 5 rings (SSSR count). The summed E-state index contributed by atoms with van der Waals surface area (Å²) < 4.78 is 11.4. The molecule has 0 aliphatic carbocycles. The van der Waals surface area contributed by atoms with Gasteiger partial charge in [-0.25, -0.2) is 0 Å². The minimum absolute atomic E-state index is 0.102. The lowest BCUT2D eigenvalue weighted by Crippen LogP contribution is -2.29. The lowest BCUT2D eigenvalue weighted by atomic mass is 9.98. The first-order chi connectivity index (χ1) is 15.9. The zero-order chi connectivity index (χ0) is 23.3. The summed E-state index contributed by atoms with van der Waals surface area (Å²) in [5.41, 5.74) is 0.147. The molecular weight excluding hydrogens is 448 g/mol. The summed E-state index contributed by atoms with van der Waals surface area (Å²) in [5.74, 6) is -0.200. The van der Waals surface area contributed by atoms with Crippen LogP contribution < -0.4 is 15.1 Å². The normalized spacial score (nSPS) is 15.2. The average molecular weight is 464 g/mol. The van der Waals surface area contributed by atoms with Crippen LogP contribution in [0.1, 0.15) is 39.7 Å². The van der Waals surface area contributed by atoms with E-state index in [0.717, 1.165) is 0 Å². The fourth-order valence-corrected chi connectivity index (χ4v) is 4.63. The maximum absolute atomic E-state index is 13.6. The highest BCUT2D eigenvalue weighted by molar-refractivity contribution is 7.15. The van der Waals surface area contributed by atoms with Crippen LogP contribution in [0.5, 0.6) is 5.75 Å². The Bertz CT molecular complexity index is 1490. The first-order valence-electron chi connectivity index (χ1n) is 10.0. The van der Waals surface area contributed by atoms with Crippen molar-refractivity contribution in [1.82, 2.24) is 10.2 Å². The molecule has 1 atom stereocenters. The minimum atomic E-state index is -0.952. The van der Waals surface area contributed by atoms with Gasteiger partial charge < -0.3 is 9.15 Å². The topological polar surface area (TPSA) is 129 Å². The van der Waals surface area contributed by atoms with Crippen LogP contribution in [0, 0.1) is 17.0 Å². The number of hydrogen-bond acceptors (Lipinski definition) is 9. The Hall–Kier alpha value is -4.12. The number of aryl methyl sites for hydroxylation is 1. The number of carbonyl (C=O) groups is 1. The second-order valence-electron chi connectivity index (χ2n) is 7.30. The fraction of sp³-hybridized carbons (Fsp3) is 0.182. The number of amides is 1. The van der Waals surface area contributed by atoms with Crippen molar-refractivity contribution >= 4 is 39.0 Å². The largest absolute Gasteiger partial charge is 0.494 e. The van der Waals surface area contributed by atoms with Gasteiger partial charge in [0, 0.05) is 18.2 Å². The van der Waals surface area contributed by atoms with E-state index in [9.17, 15) is 19.7 Å². The molecule has 0 saturated heterocycles. The molecule has 0 saturated carbocycles. The first kappa shape index (κ1) is 20.8. The van der Waals surface area contributed by atoms with E-state index in [2.05, 4.69) is 10.2 Å². The van der Waals surface area contributed by atoms with Crippen molar-refractivity contribution in [2.75, 3.05) is 11.5 Å². The second kappa shape index (κ2) is 7.78. The molecule has 4 aromatic rings. The number of carbonyl (C=O) groups excluding carboxylic acids is 1. The van der Waals surface area contributed by atoms with Crippen LogP contribution in [0.4, 0.5) is 10.8 Å². The smallest absolute Gasteiger partial charge is 0.297 e. The van der Waals surface area contributed by atoms with E-state index < -0.39 is 22.3 Å². The fourth-order valence-electron chi connectivity index (χ4n) is 3.91. The van der Waals surface area contributed by atoms with E-state index in [1.54, 1.807) is 31.2 Å². The molecule has 0 fully saturated rings. The Kier molecular flexibility index (Phi) is 4.90. The predicted molar refractivity (Wildman–Crippen MR) is 120 cm³/mol. The van der Waals surface area contributed by atoms with Crippen molar-refractivity contribution in [1.29, 1.82) is 0 Å². The van der Waals surface area contributed by atoms with E-state index in [1.165, 1.54) is 34.4 Å². The van der Waals surface area contributed by atoms with Gasteiger partial charge in [-0.2, -0.15) is 0 Å². The zero-order valence-corrected chi connectivity index (χ0v) is 18.3. The molecule has 0 bridgehead atoms. The number of nitrogens with zero attached hydrogens (tertiary/aromatic N) is 4. The van der Waals surface area contributed by atoms with Crippen LogP contribution in [0.3, 0.4) is 0 Å². The SMILES string of the molecule is CCOc1ccc2c(=O)c3c(oc2c1)C(=O)N(c1nnc(C)s1)C3c1cccc([N+](=O)[O-])c1. The molecule has 0 spiro atoms. The Morgan fingerprint density at radius 1 is 1.21 bits per heavy atom. The number of anilines is 1. The Morgan fingerprint density at radius 3 is 2.73 bits per heavy atom. The van der Waals surface area contributed by atoms with Crippen LogP contribution in [0.25, 0.3) is 11.0 Å². The molecule has 166 valence electrons. The third-order valence-corrected chi connectivity index (χ3v) is 6.11. The van der Waals surface area contributed by atoms with Crippen molar-refractivity contribution in [2.45, 2.75) is 19.9 Å². The first-order valence-corrected chi connectivity index (χ1v) is 10.8. The van der Waals surface area contributed by atoms with Gasteiger partial charge in [-0.1, -0.05) is 23.5 Å². The van der Waals surface area contributed by atoms with Crippen LogP contribution in [-0.4, -0.2) is 27.6 Å². The maximum atomic E-state index is 13.6. The highest BCUT2D eigenvalue weighted by Gasteiger charge is 2.45. The molecule has 33 heavy (non-hydrogen) atoms. The summed E-state index contributed by atoms with van der Waals surface area (Å²) in [6.45, 7) is 4.00. The van der Waals surface area contributed by atoms with Crippen molar-refractivity contribution < 1.29 is 18.9 Å². The van der Waals surface area contributed by atoms with Gasteiger partial charge in [-0.05, 0) is 31.5 Å². The minimum Gasteiger partial charge on any atom is -0.494 e. The van der Waals surface area contributed by atoms with Crippen LogP contribution in [0.15, 0.2) is 51.7 Å². The van der Waals surface area contributed by atoms with Crippen molar-refractivity contribution in [2.24, 2.45) is 0 Å². The zero-order valence-electron chi connectivity index (χ0n) is 17.5. The van der Waals surface area contributed by atoms with Crippen LogP contribution in [0.2, 0.25) is 0 Å². The van der Waals surface area contributed by atoms with Crippen molar-refractivity contribution in [3.05, 3.63) is 84.7 Å². The highest BCUT2D eigenvalue weighted by atomic mass is 32.1. The third kappa shape index (κ3) is 3.33. The summed E-state index contributed by atoms with van der Waals surface area (Å²) in [4.78, 5) is 39.2. The number of ether oxygens (including phenoxy) is 1. The number of aromatic nitrogens is 2. The summed E-state index contributed by atoms with van der Waals surface area (Å²) in [7, 11) is 0. The number of fused-ring (bicyclic) bond motifs is 2. The van der Waals surface area contributed by atoms with Gasteiger partial charge in [0.15, 0.2) is 5.43 Å². The molecular formula is C22H16N4O6S. The van der Waals surface area contributed by atoms with Gasteiger partial charge in [0.25, 0.3) is 11.6 Å². The summed E-state index contributed by atoms with van der Waals surface area (Å²) in [6, 6.07) is 9.67. The summed E-state index contributed by atoms with van der Waals surface area (Å²) in [6.07, 6.45) is 0. The van der Waals surface area contributed by atoms with E-state index in [-0.39, 0.29) is 33.1 Å². The Morgan fingerprint density at radius 2 is 2.03 bits per heavy atom. The van der Waals surface area contributed by atoms with Gasteiger partial charge in [0.1, 0.15) is 16.3 Å². The van der Waals surface area contributed by atoms with Gasteiger partial charge in [-0.3, -0.25) is 24.6 Å². The molecule has 0 N–H and O–H groups in total. The lowest BCUT2D eigenvalue weighted by Gasteiger charge is -2.21. The molecule has 11 heteroatoms. The molecule has 2 aromatic carbocycles. The molecule has 0 radical (unpaired) electrons. The third-order valence-electron chi connectivity index (χ3n) is 5.27. The highest BCUT2D eigenvalue weighted by Crippen LogP contribution is 2.42. The van der Waals surface area contributed by atoms with E-state index in [0.29, 0.717) is 22.9 Å². The summed E-state index contributed by atoms with van der Waals surface area (Å²) in [5, 5.41) is 20.6. The maximum Gasteiger partial charge on any atom is 0.297 e. The predicted octanol–water partition coefficient (Wildman–Crippen LogP) is 4.01. The average Bonchev–Trinajstić information content (AvgIpc) is 3.35. The Labute approximate surface area is 190 Å². The van der Waals surface area contributed by atoms with E-state index in [4.69, 9.17) is 9.15 Å². The Balaban J connectivity index is 1.78. The second-order valence-corrected chi connectivity index (χ2v) is 8.46. The summed E-state index contributed by atoms with van der Waals surface area (Å²) >= 11 is 1.17. The van der Waals surface area contributed by atoms with Gasteiger partial charge in [0.2, 0.25) is 10.9 Å². The van der Waals surface area contributed by atoms with Crippen molar-refractivity contribution in [3.8, 4) is 5.75 Å². The number of nitro groups is 1. The van der Waals surface area contributed by atoms with E-state index >= 15 is 0 Å². The van der Waals surface area contributed by atoms with Crippen LogP contribution >= 0.6 is 11.3 Å². The molecule has 3 heterocycles.